The molecule has 30 heavy (non-hydrogen) atoms. The Bertz CT molecular complexity index is 1030. The summed E-state index contributed by atoms with van der Waals surface area (Å²) >= 11 is 0. The summed E-state index contributed by atoms with van der Waals surface area (Å²) < 4.78 is 2.18. The lowest BCUT2D eigenvalue weighted by Crippen LogP contribution is -2.20. The number of aromatic nitrogens is 3. The van der Waals surface area contributed by atoms with Gasteiger partial charge in [0.05, 0.1) is 5.92 Å². The van der Waals surface area contributed by atoms with Crippen molar-refractivity contribution in [2.24, 2.45) is 0 Å². The van der Waals surface area contributed by atoms with E-state index in [4.69, 9.17) is 0 Å². The van der Waals surface area contributed by atoms with Gasteiger partial charge in [-0.1, -0.05) is 36.8 Å². The first-order valence-electron chi connectivity index (χ1n) is 10.2. The van der Waals surface area contributed by atoms with Crippen molar-refractivity contribution in [3.8, 4) is 11.4 Å². The van der Waals surface area contributed by atoms with Gasteiger partial charge in [0.2, 0.25) is 5.91 Å². The van der Waals surface area contributed by atoms with E-state index in [2.05, 4.69) is 20.1 Å². The van der Waals surface area contributed by atoms with Gasteiger partial charge in [-0.2, -0.15) is 0 Å². The fraction of sp³-hybridized carbons (Fsp3) is 0.304. The predicted octanol–water partition coefficient (Wildman–Crippen LogP) is 3.87. The average Bonchev–Trinajstić information content (AvgIpc) is 3.01. The summed E-state index contributed by atoms with van der Waals surface area (Å²) in [4.78, 5) is 24.1. The molecule has 4 rings (SSSR count). The van der Waals surface area contributed by atoms with E-state index in [1.165, 1.54) is 6.42 Å². The third-order valence-electron chi connectivity index (χ3n) is 5.43. The normalized spacial score (nSPS) is 14.4. The number of carbonyl (C=O) groups is 2. The first-order chi connectivity index (χ1) is 14.6. The minimum Gasteiger partial charge on any atom is -0.481 e. The lowest BCUT2D eigenvalue weighted by Gasteiger charge is -2.13. The molecule has 0 aliphatic carbocycles. The van der Waals surface area contributed by atoms with E-state index in [0.29, 0.717) is 11.3 Å². The number of carboxylic acid groups (broad SMARTS) is 1. The number of anilines is 1. The summed E-state index contributed by atoms with van der Waals surface area (Å²) in [5.74, 6) is -0.355. The first-order valence-corrected chi connectivity index (χ1v) is 10.2. The number of hydrogen-bond donors (Lipinski definition) is 2. The molecular formula is C23H24N4O3. The Labute approximate surface area is 174 Å². The van der Waals surface area contributed by atoms with Crippen LogP contribution in [0.25, 0.3) is 11.4 Å². The van der Waals surface area contributed by atoms with E-state index in [1.807, 2.05) is 30.3 Å². The van der Waals surface area contributed by atoms with Crippen LogP contribution in [-0.2, 0) is 22.6 Å². The van der Waals surface area contributed by atoms with Crippen LogP contribution in [0.4, 0.5) is 5.69 Å². The molecule has 2 heterocycles. The average molecular weight is 404 g/mol. The Hall–Kier alpha value is -3.48. The second-order valence-electron chi connectivity index (χ2n) is 7.53. The van der Waals surface area contributed by atoms with E-state index in [9.17, 15) is 14.7 Å². The largest absolute Gasteiger partial charge is 0.481 e. The summed E-state index contributed by atoms with van der Waals surface area (Å²) in [6, 6.07) is 16.2. The highest BCUT2D eigenvalue weighted by molar-refractivity contribution is 5.94. The number of amides is 1. The van der Waals surface area contributed by atoms with Gasteiger partial charge in [-0.3, -0.25) is 9.59 Å². The third kappa shape index (κ3) is 4.40. The number of rotatable bonds is 6. The van der Waals surface area contributed by atoms with Crippen LogP contribution in [0.2, 0.25) is 0 Å². The maximum atomic E-state index is 12.4. The summed E-state index contributed by atoms with van der Waals surface area (Å²) in [7, 11) is 0. The zero-order valence-electron chi connectivity index (χ0n) is 16.6. The molecule has 0 unspecified atom stereocenters. The molecule has 7 heteroatoms. The number of hydrogen-bond acceptors (Lipinski definition) is 4. The van der Waals surface area contributed by atoms with Crippen molar-refractivity contribution in [2.45, 2.75) is 44.6 Å². The van der Waals surface area contributed by atoms with E-state index in [-0.39, 0.29) is 12.3 Å². The molecule has 7 nitrogen and oxygen atoms in total. The van der Waals surface area contributed by atoms with E-state index < -0.39 is 11.9 Å². The molecule has 0 fully saturated rings. The maximum Gasteiger partial charge on any atom is 0.311 e. The van der Waals surface area contributed by atoms with Crippen LogP contribution in [0.1, 0.15) is 43.0 Å². The highest BCUT2D eigenvalue weighted by Gasteiger charge is 2.23. The Morgan fingerprint density at radius 3 is 2.50 bits per heavy atom. The van der Waals surface area contributed by atoms with Gasteiger partial charge in [0.25, 0.3) is 0 Å². The molecule has 2 aromatic carbocycles. The van der Waals surface area contributed by atoms with Crippen molar-refractivity contribution in [3.63, 3.8) is 0 Å². The summed E-state index contributed by atoms with van der Waals surface area (Å²) in [6.07, 6.45) is 4.29. The summed E-state index contributed by atoms with van der Waals surface area (Å²) in [5, 5.41) is 21.0. The van der Waals surface area contributed by atoms with Crippen LogP contribution in [0.5, 0.6) is 0 Å². The Balaban J connectivity index is 1.44. The molecule has 1 aliphatic heterocycles. The molecule has 1 aliphatic rings. The molecule has 3 aromatic rings. The van der Waals surface area contributed by atoms with Gasteiger partial charge in [0, 0.05) is 30.6 Å². The zero-order valence-corrected chi connectivity index (χ0v) is 16.6. The second kappa shape index (κ2) is 8.90. The van der Waals surface area contributed by atoms with Gasteiger partial charge in [-0.25, -0.2) is 0 Å². The standard InChI is InChI=1S/C23H24N4O3/c28-21(15-19(23(29)30)16-7-3-1-4-8-16)24-18-12-10-17(11-13-18)22-26-25-20-9-5-2-6-14-27(20)22/h1,3-4,7-8,10-13,19H,2,5-6,9,14-15H2,(H,24,28)(H,29,30)/t19-/m0/s1. The highest BCUT2D eigenvalue weighted by Crippen LogP contribution is 2.25. The molecule has 1 atom stereocenters. The van der Waals surface area contributed by atoms with Gasteiger partial charge in [-0.05, 0) is 42.7 Å². The number of carboxylic acids is 1. The quantitative estimate of drug-likeness (QED) is 0.650. The van der Waals surface area contributed by atoms with Crippen LogP contribution in [0.3, 0.4) is 0 Å². The van der Waals surface area contributed by atoms with E-state index >= 15 is 0 Å². The minimum absolute atomic E-state index is 0.126. The van der Waals surface area contributed by atoms with Gasteiger partial charge in [0.1, 0.15) is 5.82 Å². The van der Waals surface area contributed by atoms with Crippen molar-refractivity contribution in [3.05, 3.63) is 66.0 Å². The van der Waals surface area contributed by atoms with Crippen molar-refractivity contribution >= 4 is 17.6 Å². The topological polar surface area (TPSA) is 97.1 Å². The molecule has 0 saturated carbocycles. The van der Waals surface area contributed by atoms with Crippen LogP contribution in [0.15, 0.2) is 54.6 Å². The number of benzene rings is 2. The van der Waals surface area contributed by atoms with Crippen LogP contribution < -0.4 is 5.32 Å². The molecule has 0 saturated heterocycles. The fourth-order valence-corrected chi connectivity index (χ4v) is 3.83. The van der Waals surface area contributed by atoms with Gasteiger partial charge < -0.3 is 15.0 Å². The maximum absolute atomic E-state index is 12.4. The lowest BCUT2D eigenvalue weighted by atomic mass is 9.95. The highest BCUT2D eigenvalue weighted by atomic mass is 16.4. The number of nitrogens with zero attached hydrogens (tertiary/aromatic N) is 3. The van der Waals surface area contributed by atoms with Crippen LogP contribution in [0, 0.1) is 0 Å². The molecule has 154 valence electrons. The molecular weight excluding hydrogens is 380 g/mol. The number of nitrogens with one attached hydrogen (secondary N) is 1. The van der Waals surface area contributed by atoms with E-state index in [0.717, 1.165) is 43.0 Å². The number of fused-ring (bicyclic) bond motifs is 1. The van der Waals surface area contributed by atoms with Crippen molar-refractivity contribution < 1.29 is 14.7 Å². The number of carbonyl (C=O) groups excluding carboxylic acids is 1. The van der Waals surface area contributed by atoms with Crippen molar-refractivity contribution in [2.75, 3.05) is 5.32 Å². The second-order valence-corrected chi connectivity index (χ2v) is 7.53. The fourth-order valence-electron chi connectivity index (χ4n) is 3.83. The molecule has 1 aromatic heterocycles. The molecule has 0 bridgehead atoms. The lowest BCUT2D eigenvalue weighted by molar-refractivity contribution is -0.140. The third-order valence-corrected chi connectivity index (χ3v) is 5.43. The van der Waals surface area contributed by atoms with Gasteiger partial charge in [0.15, 0.2) is 5.82 Å². The Morgan fingerprint density at radius 1 is 1.00 bits per heavy atom. The van der Waals surface area contributed by atoms with Gasteiger partial charge in [-0.15, -0.1) is 10.2 Å². The minimum atomic E-state index is -1.01. The van der Waals surface area contributed by atoms with Crippen LogP contribution in [-0.4, -0.2) is 31.7 Å². The number of aliphatic carboxylic acids is 1. The Morgan fingerprint density at radius 2 is 1.77 bits per heavy atom. The Kier molecular flexibility index (Phi) is 5.88. The number of aryl methyl sites for hydroxylation is 1. The molecule has 2 N–H and O–H groups in total. The monoisotopic (exact) mass is 404 g/mol. The molecule has 1 amide bonds. The first kappa shape index (κ1) is 19.8. The van der Waals surface area contributed by atoms with E-state index in [1.54, 1.807) is 24.3 Å². The molecule has 0 radical (unpaired) electrons. The molecule has 0 spiro atoms. The van der Waals surface area contributed by atoms with Crippen molar-refractivity contribution in [1.29, 1.82) is 0 Å². The van der Waals surface area contributed by atoms with Crippen LogP contribution >= 0.6 is 0 Å². The summed E-state index contributed by atoms with van der Waals surface area (Å²) in [6.45, 7) is 0.923. The predicted molar refractivity (Wildman–Crippen MR) is 113 cm³/mol. The van der Waals surface area contributed by atoms with Gasteiger partial charge >= 0.3 is 5.97 Å². The summed E-state index contributed by atoms with van der Waals surface area (Å²) in [5.41, 5.74) is 2.18. The smallest absolute Gasteiger partial charge is 0.311 e. The van der Waals surface area contributed by atoms with Crippen molar-refractivity contribution in [1.82, 2.24) is 14.8 Å². The zero-order chi connectivity index (χ0) is 20.9. The SMILES string of the molecule is O=C(C[C@H](C(=O)O)c1ccccc1)Nc1ccc(-c2nnc3n2CCCCC3)cc1.